The van der Waals surface area contributed by atoms with Crippen LogP contribution in [0.15, 0.2) is 48.8 Å². The SMILES string of the molecule is CN[C@@H](C)C(=O)N[C@H](C(=O)N1CCC[C@H]1c1cn2cccc(-c3ccc([N+](=O)[O-])cc3)c2n1)C1CCOCC1. The Kier molecular flexibility index (Phi) is 7.89. The summed E-state index contributed by atoms with van der Waals surface area (Å²) in [5.74, 6) is -0.262. The van der Waals surface area contributed by atoms with Crippen molar-refractivity contribution in [3.8, 4) is 11.1 Å². The topological polar surface area (TPSA) is 131 Å². The highest BCUT2D eigenvalue weighted by molar-refractivity contribution is 5.90. The lowest BCUT2D eigenvalue weighted by molar-refractivity contribution is -0.384. The van der Waals surface area contributed by atoms with Gasteiger partial charge in [0, 0.05) is 49.8 Å². The molecule has 2 aliphatic heterocycles. The van der Waals surface area contributed by atoms with E-state index in [-0.39, 0.29) is 29.5 Å². The van der Waals surface area contributed by atoms with E-state index in [1.807, 2.05) is 33.8 Å². The fourth-order valence-corrected chi connectivity index (χ4v) is 5.54. The Bertz CT molecular complexity index is 1350. The summed E-state index contributed by atoms with van der Waals surface area (Å²) in [5, 5.41) is 17.1. The highest BCUT2D eigenvalue weighted by atomic mass is 16.6. The van der Waals surface area contributed by atoms with E-state index >= 15 is 0 Å². The summed E-state index contributed by atoms with van der Waals surface area (Å²) in [6, 6.07) is 9.02. The molecule has 5 rings (SSSR count). The number of carbonyl (C=O) groups is 2. The Hall–Kier alpha value is -3.83. The molecule has 2 saturated heterocycles. The van der Waals surface area contributed by atoms with E-state index in [4.69, 9.17) is 9.72 Å². The fraction of sp³-hybridized carbons (Fsp3) is 0.464. The first kappa shape index (κ1) is 26.8. The monoisotopic (exact) mass is 534 g/mol. The Morgan fingerprint density at radius 3 is 2.59 bits per heavy atom. The number of nitrogens with zero attached hydrogens (tertiary/aromatic N) is 4. The number of rotatable bonds is 8. The number of carbonyl (C=O) groups excluding carboxylic acids is 2. The molecule has 3 aromatic rings. The lowest BCUT2D eigenvalue weighted by atomic mass is 9.90. The van der Waals surface area contributed by atoms with Gasteiger partial charge >= 0.3 is 0 Å². The van der Waals surface area contributed by atoms with Gasteiger partial charge in [-0.25, -0.2) is 4.98 Å². The van der Waals surface area contributed by atoms with Crippen LogP contribution in [0, 0.1) is 16.0 Å². The first-order valence-corrected chi connectivity index (χ1v) is 13.5. The van der Waals surface area contributed by atoms with Crippen LogP contribution >= 0.6 is 0 Å². The van der Waals surface area contributed by atoms with Gasteiger partial charge < -0.3 is 24.7 Å². The average Bonchev–Trinajstić information content (AvgIpc) is 3.63. The lowest BCUT2D eigenvalue weighted by Gasteiger charge is -2.35. The standard InChI is InChI=1S/C28H34N6O5/c1-18(29-2)27(35)31-25(20-11-15-39-16-12-20)28(36)33-14-4-6-24(33)23-17-32-13-3-5-22(26(32)30-23)19-7-9-21(10-8-19)34(37)38/h3,5,7-10,13,17-18,20,24-25,29H,4,6,11-12,14-16H2,1-2H3,(H,31,35)/t18-,24-,25-/m0/s1. The van der Waals surface area contributed by atoms with Crippen molar-refractivity contribution in [3.05, 3.63) is 64.6 Å². The maximum absolute atomic E-state index is 14.0. The molecule has 0 saturated carbocycles. The number of nitro groups is 1. The van der Waals surface area contributed by atoms with Crippen LogP contribution in [0.3, 0.4) is 0 Å². The molecule has 3 atom stereocenters. The van der Waals surface area contributed by atoms with Crippen LogP contribution in [0.1, 0.15) is 44.3 Å². The van der Waals surface area contributed by atoms with Crippen molar-refractivity contribution in [2.75, 3.05) is 26.8 Å². The number of amides is 2. The molecule has 2 aromatic heterocycles. The van der Waals surface area contributed by atoms with Gasteiger partial charge in [0.15, 0.2) is 0 Å². The van der Waals surface area contributed by atoms with E-state index in [0.717, 1.165) is 48.2 Å². The summed E-state index contributed by atoms with van der Waals surface area (Å²) in [7, 11) is 1.72. The molecule has 0 bridgehead atoms. The zero-order valence-electron chi connectivity index (χ0n) is 22.2. The number of benzene rings is 1. The number of pyridine rings is 1. The third kappa shape index (κ3) is 5.50. The second kappa shape index (κ2) is 11.5. The van der Waals surface area contributed by atoms with Crippen molar-refractivity contribution < 1.29 is 19.2 Å². The highest BCUT2D eigenvalue weighted by Gasteiger charge is 2.40. The number of non-ortho nitro benzene ring substituents is 1. The van der Waals surface area contributed by atoms with Crippen molar-refractivity contribution in [2.24, 2.45) is 5.92 Å². The molecule has 2 N–H and O–H groups in total. The molecule has 2 fully saturated rings. The molecule has 11 heteroatoms. The van der Waals surface area contributed by atoms with Crippen molar-refractivity contribution >= 4 is 23.1 Å². The van der Waals surface area contributed by atoms with Gasteiger partial charge in [0.2, 0.25) is 11.8 Å². The molecule has 1 aromatic carbocycles. The summed E-state index contributed by atoms with van der Waals surface area (Å²) in [5.41, 5.74) is 3.21. The van der Waals surface area contributed by atoms with Crippen molar-refractivity contribution in [3.63, 3.8) is 0 Å². The highest BCUT2D eigenvalue weighted by Crippen LogP contribution is 2.35. The van der Waals surface area contributed by atoms with Gasteiger partial charge in [-0.2, -0.15) is 0 Å². The van der Waals surface area contributed by atoms with Crippen LogP contribution in [-0.4, -0.2) is 69.9 Å². The number of aromatic nitrogens is 2. The molecule has 0 radical (unpaired) electrons. The third-order valence-electron chi connectivity index (χ3n) is 7.90. The van der Waals surface area contributed by atoms with Crippen LogP contribution in [0.5, 0.6) is 0 Å². The average molecular weight is 535 g/mol. The number of fused-ring (bicyclic) bond motifs is 1. The number of hydrogen-bond acceptors (Lipinski definition) is 7. The van der Waals surface area contributed by atoms with E-state index in [1.54, 1.807) is 26.1 Å². The quantitative estimate of drug-likeness (QED) is 0.335. The summed E-state index contributed by atoms with van der Waals surface area (Å²) >= 11 is 0. The zero-order valence-corrected chi connectivity index (χ0v) is 22.2. The van der Waals surface area contributed by atoms with Crippen molar-refractivity contribution in [1.29, 1.82) is 0 Å². The number of imidazole rings is 1. The molecule has 2 aliphatic rings. The maximum atomic E-state index is 14.0. The normalized spacial score (nSPS) is 19.6. The van der Waals surface area contributed by atoms with E-state index in [2.05, 4.69) is 10.6 Å². The van der Waals surface area contributed by atoms with Crippen LogP contribution in [0.2, 0.25) is 0 Å². The Labute approximate surface area is 226 Å². The Morgan fingerprint density at radius 1 is 1.15 bits per heavy atom. The van der Waals surface area contributed by atoms with Gasteiger partial charge in [-0.05, 0) is 75.4 Å². The molecule has 0 aliphatic carbocycles. The minimum Gasteiger partial charge on any atom is -0.381 e. The van der Waals surface area contributed by atoms with Gasteiger partial charge in [0.05, 0.1) is 22.7 Å². The second-order valence-corrected chi connectivity index (χ2v) is 10.3. The van der Waals surface area contributed by atoms with Crippen LogP contribution in [-0.2, 0) is 14.3 Å². The van der Waals surface area contributed by atoms with E-state index in [1.165, 1.54) is 12.1 Å². The van der Waals surface area contributed by atoms with Gasteiger partial charge in [-0.3, -0.25) is 19.7 Å². The minimum absolute atomic E-state index is 0.00955. The van der Waals surface area contributed by atoms with Crippen LogP contribution in [0.25, 0.3) is 16.8 Å². The predicted octanol–water partition coefficient (Wildman–Crippen LogP) is 3.09. The maximum Gasteiger partial charge on any atom is 0.269 e. The summed E-state index contributed by atoms with van der Waals surface area (Å²) in [6.07, 6.45) is 6.93. The van der Waals surface area contributed by atoms with Crippen molar-refractivity contribution in [2.45, 2.75) is 50.7 Å². The molecular formula is C28H34N6O5. The number of hydrogen-bond donors (Lipinski definition) is 2. The molecule has 2 amide bonds. The summed E-state index contributed by atoms with van der Waals surface area (Å²) in [6.45, 7) is 3.53. The smallest absolute Gasteiger partial charge is 0.269 e. The minimum atomic E-state index is -0.620. The van der Waals surface area contributed by atoms with Crippen molar-refractivity contribution in [1.82, 2.24) is 24.9 Å². The number of likely N-dealkylation sites (tertiary alicyclic amines) is 1. The Balaban J connectivity index is 1.43. The zero-order chi connectivity index (χ0) is 27.5. The molecule has 39 heavy (non-hydrogen) atoms. The number of nitrogens with one attached hydrogen (secondary N) is 2. The second-order valence-electron chi connectivity index (χ2n) is 10.3. The third-order valence-corrected chi connectivity index (χ3v) is 7.90. The predicted molar refractivity (Wildman–Crippen MR) is 145 cm³/mol. The number of ether oxygens (including phenoxy) is 1. The van der Waals surface area contributed by atoms with Gasteiger partial charge in [-0.15, -0.1) is 0 Å². The molecule has 0 spiro atoms. The molecule has 11 nitrogen and oxygen atoms in total. The van der Waals surface area contributed by atoms with Gasteiger partial charge in [0.1, 0.15) is 11.7 Å². The molecule has 206 valence electrons. The fourth-order valence-electron chi connectivity index (χ4n) is 5.54. The first-order valence-electron chi connectivity index (χ1n) is 13.5. The summed E-state index contributed by atoms with van der Waals surface area (Å²) < 4.78 is 7.45. The molecule has 0 unspecified atom stereocenters. The number of likely N-dealkylation sites (N-methyl/N-ethyl adjacent to an activating group) is 1. The van der Waals surface area contributed by atoms with Gasteiger partial charge in [0.25, 0.3) is 5.69 Å². The largest absolute Gasteiger partial charge is 0.381 e. The van der Waals surface area contributed by atoms with E-state index in [0.29, 0.717) is 19.8 Å². The molecular weight excluding hydrogens is 500 g/mol. The van der Waals surface area contributed by atoms with Crippen LogP contribution in [0.4, 0.5) is 5.69 Å². The Morgan fingerprint density at radius 2 is 1.90 bits per heavy atom. The number of nitro benzene ring substituents is 1. The summed E-state index contributed by atoms with van der Waals surface area (Å²) in [4.78, 5) is 44.3. The van der Waals surface area contributed by atoms with E-state index in [9.17, 15) is 19.7 Å². The van der Waals surface area contributed by atoms with Crippen LogP contribution < -0.4 is 10.6 Å². The molecule has 4 heterocycles. The lowest BCUT2D eigenvalue weighted by Crippen LogP contribution is -2.56. The van der Waals surface area contributed by atoms with E-state index < -0.39 is 17.0 Å². The van der Waals surface area contributed by atoms with Gasteiger partial charge in [-0.1, -0.05) is 0 Å². The first-order chi connectivity index (χ1) is 18.9.